The molecule has 18 heavy (non-hydrogen) atoms. The van der Waals surface area contributed by atoms with Gasteiger partial charge < -0.3 is 10.2 Å². The Bertz CT molecular complexity index is 315. The van der Waals surface area contributed by atoms with Crippen LogP contribution in [0.15, 0.2) is 0 Å². The number of piperazine rings is 1. The van der Waals surface area contributed by atoms with Gasteiger partial charge in [0, 0.05) is 39.3 Å². The standard InChI is InChI=1S/C11H26N4O2S/c1-3-8-14(4-2)9-7-13-18(16,17)15-10-5-12-6-11-15/h12-13H,3-11H2,1-2H3. The van der Waals surface area contributed by atoms with Crippen molar-refractivity contribution in [1.82, 2.24) is 19.2 Å². The number of likely N-dealkylation sites (N-methyl/N-ethyl adjacent to an activating group) is 1. The highest BCUT2D eigenvalue weighted by Gasteiger charge is 2.22. The Balaban J connectivity index is 2.32. The van der Waals surface area contributed by atoms with E-state index in [-0.39, 0.29) is 0 Å². The first kappa shape index (κ1) is 15.8. The molecule has 7 heteroatoms. The molecule has 108 valence electrons. The van der Waals surface area contributed by atoms with Crippen molar-refractivity contribution >= 4 is 10.2 Å². The average molecular weight is 278 g/mol. The summed E-state index contributed by atoms with van der Waals surface area (Å²) >= 11 is 0. The summed E-state index contributed by atoms with van der Waals surface area (Å²) in [6.07, 6.45) is 1.10. The molecule has 0 bridgehead atoms. The molecule has 2 N–H and O–H groups in total. The molecule has 0 saturated carbocycles. The Morgan fingerprint density at radius 2 is 1.89 bits per heavy atom. The lowest BCUT2D eigenvalue weighted by molar-refractivity contribution is 0.291. The lowest BCUT2D eigenvalue weighted by Gasteiger charge is -2.27. The van der Waals surface area contributed by atoms with Crippen LogP contribution in [0.3, 0.4) is 0 Å². The van der Waals surface area contributed by atoms with Gasteiger partial charge in [-0.3, -0.25) is 0 Å². The molecule has 0 unspecified atom stereocenters. The summed E-state index contributed by atoms with van der Waals surface area (Å²) < 4.78 is 28.2. The van der Waals surface area contributed by atoms with Crippen LogP contribution in [0.4, 0.5) is 0 Å². The SMILES string of the molecule is CCCN(CC)CCNS(=O)(=O)N1CCNCC1. The van der Waals surface area contributed by atoms with Gasteiger partial charge in [-0.25, -0.2) is 4.72 Å². The summed E-state index contributed by atoms with van der Waals surface area (Å²) in [5.74, 6) is 0. The molecule has 1 aliphatic heterocycles. The van der Waals surface area contributed by atoms with Gasteiger partial charge in [-0.2, -0.15) is 12.7 Å². The predicted molar refractivity (Wildman–Crippen MR) is 73.8 cm³/mol. The van der Waals surface area contributed by atoms with E-state index < -0.39 is 10.2 Å². The fourth-order valence-corrected chi connectivity index (χ4v) is 3.25. The van der Waals surface area contributed by atoms with E-state index in [1.807, 2.05) is 0 Å². The molecule has 1 fully saturated rings. The van der Waals surface area contributed by atoms with E-state index in [0.717, 1.165) is 39.1 Å². The van der Waals surface area contributed by atoms with Crippen LogP contribution < -0.4 is 10.0 Å². The summed E-state index contributed by atoms with van der Waals surface area (Å²) in [6.45, 7) is 10.1. The maximum Gasteiger partial charge on any atom is 0.279 e. The number of hydrogen-bond donors (Lipinski definition) is 2. The zero-order chi connectivity index (χ0) is 13.4. The molecule has 0 aliphatic carbocycles. The van der Waals surface area contributed by atoms with Crippen LogP contribution in [-0.4, -0.2) is 70.0 Å². The second-order valence-corrected chi connectivity index (χ2v) is 6.24. The Labute approximate surface area is 111 Å². The third-order valence-corrected chi connectivity index (χ3v) is 4.73. The van der Waals surface area contributed by atoms with E-state index in [9.17, 15) is 8.42 Å². The predicted octanol–water partition coefficient (Wildman–Crippen LogP) is -0.542. The summed E-state index contributed by atoms with van der Waals surface area (Å²) in [6, 6.07) is 0. The van der Waals surface area contributed by atoms with Gasteiger partial charge in [-0.1, -0.05) is 13.8 Å². The van der Waals surface area contributed by atoms with Gasteiger partial charge in [0.2, 0.25) is 0 Å². The normalized spacial score (nSPS) is 18.4. The van der Waals surface area contributed by atoms with E-state index in [2.05, 4.69) is 28.8 Å². The van der Waals surface area contributed by atoms with Crippen molar-refractivity contribution in [3.63, 3.8) is 0 Å². The highest BCUT2D eigenvalue weighted by molar-refractivity contribution is 7.87. The lowest BCUT2D eigenvalue weighted by atomic mass is 10.4. The van der Waals surface area contributed by atoms with E-state index >= 15 is 0 Å². The van der Waals surface area contributed by atoms with Crippen LogP contribution in [-0.2, 0) is 10.2 Å². The molecular formula is C11H26N4O2S. The molecule has 1 heterocycles. The number of hydrogen-bond acceptors (Lipinski definition) is 4. The highest BCUT2D eigenvalue weighted by Crippen LogP contribution is 1.99. The second-order valence-electron chi connectivity index (χ2n) is 4.48. The van der Waals surface area contributed by atoms with Crippen LogP contribution in [0.1, 0.15) is 20.3 Å². The van der Waals surface area contributed by atoms with Gasteiger partial charge in [0.05, 0.1) is 0 Å². The second kappa shape index (κ2) is 8.06. The van der Waals surface area contributed by atoms with Gasteiger partial charge in [-0.15, -0.1) is 0 Å². The van der Waals surface area contributed by atoms with E-state index in [1.54, 1.807) is 0 Å². The third kappa shape index (κ3) is 5.19. The Morgan fingerprint density at radius 3 is 2.44 bits per heavy atom. The van der Waals surface area contributed by atoms with Crippen molar-refractivity contribution in [3.8, 4) is 0 Å². The first-order valence-electron chi connectivity index (χ1n) is 6.78. The van der Waals surface area contributed by atoms with Gasteiger partial charge in [0.15, 0.2) is 0 Å². The quantitative estimate of drug-likeness (QED) is 0.626. The Kier molecular flexibility index (Phi) is 7.10. The van der Waals surface area contributed by atoms with Crippen molar-refractivity contribution in [2.45, 2.75) is 20.3 Å². The maximum atomic E-state index is 12.0. The van der Waals surface area contributed by atoms with Crippen LogP contribution in [0.25, 0.3) is 0 Å². The van der Waals surface area contributed by atoms with Crippen LogP contribution in [0, 0.1) is 0 Å². The van der Waals surface area contributed by atoms with Crippen molar-refractivity contribution in [1.29, 1.82) is 0 Å². The monoisotopic (exact) mass is 278 g/mol. The summed E-state index contributed by atoms with van der Waals surface area (Å²) in [5, 5.41) is 3.14. The van der Waals surface area contributed by atoms with E-state index in [1.165, 1.54) is 4.31 Å². The molecule has 0 aromatic rings. The molecule has 0 radical (unpaired) electrons. The van der Waals surface area contributed by atoms with Gasteiger partial charge in [0.1, 0.15) is 0 Å². The smallest absolute Gasteiger partial charge is 0.279 e. The van der Waals surface area contributed by atoms with Crippen LogP contribution in [0.5, 0.6) is 0 Å². The first-order valence-corrected chi connectivity index (χ1v) is 8.22. The zero-order valence-corrected chi connectivity index (χ0v) is 12.3. The average Bonchev–Trinajstić information content (AvgIpc) is 2.38. The van der Waals surface area contributed by atoms with Crippen molar-refractivity contribution in [2.24, 2.45) is 0 Å². The van der Waals surface area contributed by atoms with Crippen molar-refractivity contribution < 1.29 is 8.42 Å². The first-order chi connectivity index (χ1) is 8.60. The molecule has 1 rings (SSSR count). The topological polar surface area (TPSA) is 64.7 Å². The summed E-state index contributed by atoms with van der Waals surface area (Å²) in [4.78, 5) is 2.25. The third-order valence-electron chi connectivity index (χ3n) is 3.12. The van der Waals surface area contributed by atoms with E-state index in [4.69, 9.17) is 0 Å². The Hall–Kier alpha value is -0.210. The molecule has 0 aromatic heterocycles. The molecule has 6 nitrogen and oxygen atoms in total. The van der Waals surface area contributed by atoms with E-state index in [0.29, 0.717) is 19.6 Å². The van der Waals surface area contributed by atoms with Gasteiger partial charge >= 0.3 is 0 Å². The maximum absolute atomic E-state index is 12.0. The summed E-state index contributed by atoms with van der Waals surface area (Å²) in [5.41, 5.74) is 0. The zero-order valence-electron chi connectivity index (χ0n) is 11.5. The Morgan fingerprint density at radius 1 is 1.22 bits per heavy atom. The molecule has 0 amide bonds. The minimum Gasteiger partial charge on any atom is -0.314 e. The van der Waals surface area contributed by atoms with Crippen molar-refractivity contribution in [3.05, 3.63) is 0 Å². The fourth-order valence-electron chi connectivity index (χ4n) is 2.05. The molecule has 0 spiro atoms. The van der Waals surface area contributed by atoms with Gasteiger partial charge in [0.25, 0.3) is 10.2 Å². The number of rotatable bonds is 8. The number of nitrogens with one attached hydrogen (secondary N) is 2. The minimum atomic E-state index is -3.29. The fraction of sp³-hybridized carbons (Fsp3) is 1.00. The molecule has 1 aliphatic rings. The van der Waals surface area contributed by atoms with Crippen molar-refractivity contribution in [2.75, 3.05) is 52.4 Å². The summed E-state index contributed by atoms with van der Waals surface area (Å²) in [7, 11) is -3.29. The minimum absolute atomic E-state index is 0.486. The molecule has 1 saturated heterocycles. The highest BCUT2D eigenvalue weighted by atomic mass is 32.2. The number of nitrogens with zero attached hydrogens (tertiary/aromatic N) is 2. The van der Waals surface area contributed by atoms with Crippen LogP contribution in [0.2, 0.25) is 0 Å². The molecule has 0 atom stereocenters. The molecule has 0 aromatic carbocycles. The van der Waals surface area contributed by atoms with Gasteiger partial charge in [-0.05, 0) is 19.5 Å². The lowest BCUT2D eigenvalue weighted by Crippen LogP contribution is -2.51. The largest absolute Gasteiger partial charge is 0.314 e. The van der Waals surface area contributed by atoms with Crippen LogP contribution >= 0.6 is 0 Å². The molecular weight excluding hydrogens is 252 g/mol.